The van der Waals surface area contributed by atoms with Crippen molar-refractivity contribution in [2.75, 3.05) is 31.2 Å². The van der Waals surface area contributed by atoms with Crippen LogP contribution in [-0.4, -0.2) is 57.5 Å². The van der Waals surface area contributed by atoms with Gasteiger partial charge in [-0.05, 0) is 26.0 Å². The first-order valence-corrected chi connectivity index (χ1v) is 11.9. The summed E-state index contributed by atoms with van der Waals surface area (Å²) < 4.78 is 50.7. The summed E-state index contributed by atoms with van der Waals surface area (Å²) in [4.78, 5) is 25.7. The number of H-pyrrole nitrogens is 1. The molecule has 7 N–H and O–H groups in total. The lowest BCUT2D eigenvalue weighted by molar-refractivity contribution is -0.170. The van der Waals surface area contributed by atoms with Crippen molar-refractivity contribution in [2.24, 2.45) is 5.73 Å². The molecule has 1 saturated heterocycles. The summed E-state index contributed by atoms with van der Waals surface area (Å²) in [7, 11) is 1.43. The Bertz CT molecular complexity index is 1400. The van der Waals surface area contributed by atoms with Gasteiger partial charge in [-0.2, -0.15) is 13.9 Å². The molecule has 210 valence electrons. The van der Waals surface area contributed by atoms with Gasteiger partial charge in [-0.15, -0.1) is 6.42 Å². The minimum Gasteiger partial charge on any atom is -0.400 e. The number of likely N-dealkylation sites (tertiary alicyclic amines) is 1. The van der Waals surface area contributed by atoms with Gasteiger partial charge in [0.1, 0.15) is 28.7 Å². The van der Waals surface area contributed by atoms with Crippen LogP contribution < -0.4 is 22.3 Å². The largest absolute Gasteiger partial charge is 0.400 e. The average Bonchev–Trinajstić information content (AvgIpc) is 3.32. The lowest BCUT2D eigenvalue weighted by Gasteiger charge is -2.30. The van der Waals surface area contributed by atoms with Crippen LogP contribution in [0.15, 0.2) is 28.7 Å². The highest BCUT2D eigenvalue weighted by atomic mass is 19.3. The molecule has 0 spiro atoms. The molecule has 1 amide bonds. The van der Waals surface area contributed by atoms with Crippen LogP contribution >= 0.6 is 0 Å². The molecule has 1 aliphatic heterocycles. The molecule has 2 heterocycles. The van der Waals surface area contributed by atoms with Crippen LogP contribution in [0.2, 0.25) is 0 Å². The molecule has 0 saturated carbocycles. The van der Waals surface area contributed by atoms with Crippen LogP contribution in [0, 0.1) is 18.2 Å². The zero-order valence-electron chi connectivity index (χ0n) is 21.9. The minimum atomic E-state index is -3.95. The van der Waals surface area contributed by atoms with E-state index in [2.05, 4.69) is 21.4 Å². The van der Waals surface area contributed by atoms with Gasteiger partial charge in [-0.3, -0.25) is 9.59 Å². The van der Waals surface area contributed by atoms with Gasteiger partial charge in [-0.1, -0.05) is 18.1 Å². The van der Waals surface area contributed by atoms with E-state index in [1.54, 1.807) is 4.90 Å². The molecule has 0 aliphatic carbocycles. The Kier molecular flexibility index (Phi) is 8.05. The Morgan fingerprint density at radius 3 is 2.64 bits per heavy atom. The fourth-order valence-corrected chi connectivity index (χ4v) is 4.28. The number of aliphatic hydroxyl groups is 1. The van der Waals surface area contributed by atoms with Gasteiger partial charge in [0.15, 0.2) is 5.82 Å². The number of aromatic amines is 1. The van der Waals surface area contributed by atoms with Crippen molar-refractivity contribution in [1.29, 1.82) is 0 Å². The Morgan fingerprint density at radius 1 is 1.44 bits per heavy atom. The number of carbonyl (C=O) groups is 1. The maximum atomic E-state index is 15.4. The zero-order valence-corrected chi connectivity index (χ0v) is 21.9. The molecule has 3 rings (SSSR count). The number of ether oxygens (including phenoxy) is 1. The summed E-state index contributed by atoms with van der Waals surface area (Å²) in [6.45, 7) is 3.67. The van der Waals surface area contributed by atoms with E-state index >= 15 is 4.39 Å². The lowest BCUT2D eigenvalue weighted by Crippen LogP contribution is -2.41. The van der Waals surface area contributed by atoms with Crippen molar-refractivity contribution < 1.29 is 27.8 Å². The first-order valence-electron chi connectivity index (χ1n) is 11.9. The fraction of sp³-hybridized carbons (Fsp3) is 0.423. The van der Waals surface area contributed by atoms with Crippen molar-refractivity contribution in [3.8, 4) is 12.3 Å². The topological polar surface area (TPSA) is 160 Å². The van der Waals surface area contributed by atoms with Gasteiger partial charge in [0.05, 0.1) is 12.1 Å². The van der Waals surface area contributed by atoms with Gasteiger partial charge >= 0.3 is 5.92 Å². The molecule has 10 nitrogen and oxygen atoms in total. The third-order valence-corrected chi connectivity index (χ3v) is 6.85. The predicted molar refractivity (Wildman–Crippen MR) is 140 cm³/mol. The van der Waals surface area contributed by atoms with Gasteiger partial charge in [0, 0.05) is 43.8 Å². The summed E-state index contributed by atoms with van der Waals surface area (Å²) in [5.74, 6) is -3.29. The molecule has 1 aliphatic rings. The number of halogens is 3. The fourth-order valence-electron chi connectivity index (χ4n) is 4.28. The molecule has 1 aromatic carbocycles. The van der Waals surface area contributed by atoms with E-state index in [1.807, 2.05) is 0 Å². The van der Waals surface area contributed by atoms with E-state index in [9.17, 15) is 23.5 Å². The smallest absolute Gasteiger partial charge is 0.303 e. The quantitative estimate of drug-likeness (QED) is 0.314. The SMILES string of the molecule is C#C[C@@H](Nc1n[nH]c(=O)c(N)c1/C=C(\N)C1(OC)CCN(C(C)=O)C1)c1cccc(C(F)(F)C(C)(C)O)c1F. The number of amides is 1. The second-order valence-electron chi connectivity index (χ2n) is 9.80. The first-order chi connectivity index (χ1) is 18.1. The molecule has 0 bridgehead atoms. The predicted octanol–water partition coefficient (Wildman–Crippen LogP) is 2.08. The van der Waals surface area contributed by atoms with Gasteiger partial charge < -0.3 is 31.5 Å². The highest BCUT2D eigenvalue weighted by molar-refractivity contribution is 5.76. The van der Waals surface area contributed by atoms with E-state index in [1.165, 1.54) is 32.2 Å². The Morgan fingerprint density at radius 2 is 2.10 bits per heavy atom. The lowest BCUT2D eigenvalue weighted by atomic mass is 9.90. The van der Waals surface area contributed by atoms with Gasteiger partial charge in [-0.25, -0.2) is 9.49 Å². The first kappa shape index (κ1) is 29.5. The number of hydrogen-bond donors (Lipinski definition) is 5. The van der Waals surface area contributed by atoms with E-state index in [0.29, 0.717) is 13.0 Å². The number of terminal acetylenes is 1. The van der Waals surface area contributed by atoms with Crippen molar-refractivity contribution in [3.63, 3.8) is 0 Å². The summed E-state index contributed by atoms with van der Waals surface area (Å²) in [5, 5.41) is 18.8. The number of alkyl halides is 2. The van der Waals surface area contributed by atoms with Crippen LogP contribution in [0.1, 0.15) is 49.9 Å². The summed E-state index contributed by atoms with van der Waals surface area (Å²) in [5.41, 5.74) is 6.44. The molecule has 2 aromatic rings. The maximum Gasteiger partial charge on any atom is 0.303 e. The van der Waals surface area contributed by atoms with Crippen LogP contribution in [0.25, 0.3) is 6.08 Å². The van der Waals surface area contributed by atoms with Crippen LogP contribution in [0.5, 0.6) is 0 Å². The Labute approximate surface area is 223 Å². The average molecular weight is 549 g/mol. The molecule has 39 heavy (non-hydrogen) atoms. The molecule has 1 aromatic heterocycles. The number of nitrogen functional groups attached to an aromatic ring is 1. The minimum absolute atomic E-state index is 0.00687. The number of nitrogens with zero attached hydrogens (tertiary/aromatic N) is 2. The number of anilines is 2. The number of carbonyl (C=O) groups excluding carboxylic acids is 1. The third kappa shape index (κ3) is 5.43. The highest BCUT2D eigenvalue weighted by Gasteiger charge is 2.49. The Balaban J connectivity index is 2.07. The van der Waals surface area contributed by atoms with E-state index in [4.69, 9.17) is 22.6 Å². The van der Waals surface area contributed by atoms with Crippen molar-refractivity contribution in [1.82, 2.24) is 15.1 Å². The summed E-state index contributed by atoms with van der Waals surface area (Å²) in [6, 6.07) is 1.87. The van der Waals surface area contributed by atoms with Gasteiger partial charge in [0.25, 0.3) is 5.56 Å². The standard InChI is InChI=1S/C26H31F3N6O4/c1-6-18(15-8-7-9-17(20(15)27)26(28,29)24(3,4)38)32-22-16(21(31)23(37)34-33-22)12-19(30)25(39-5)10-11-35(13-25)14(2)36/h1,7-9,12,18,38H,10-11,13,30H2,2-5H3,(H,34,37)(H3,31,32,33)/b19-12-/t18-,25?/m1/s1. The van der Waals surface area contributed by atoms with Crippen LogP contribution in [-0.2, 0) is 15.5 Å². The number of rotatable bonds is 8. The normalized spacial score (nSPS) is 19.1. The second kappa shape index (κ2) is 10.6. The van der Waals surface area contributed by atoms with Crippen molar-refractivity contribution >= 4 is 23.5 Å². The van der Waals surface area contributed by atoms with Gasteiger partial charge in [0.2, 0.25) is 5.91 Å². The van der Waals surface area contributed by atoms with Crippen LogP contribution in [0.3, 0.4) is 0 Å². The number of benzene rings is 1. The van der Waals surface area contributed by atoms with E-state index in [-0.39, 0.29) is 40.8 Å². The molecule has 2 atom stereocenters. The Hall–Kier alpha value is -4.02. The number of aromatic nitrogens is 2. The maximum absolute atomic E-state index is 15.4. The molecular weight excluding hydrogens is 517 g/mol. The molecule has 1 unspecified atom stereocenters. The zero-order chi connectivity index (χ0) is 29.3. The second-order valence-corrected chi connectivity index (χ2v) is 9.80. The number of methoxy groups -OCH3 is 1. The summed E-state index contributed by atoms with van der Waals surface area (Å²) in [6.07, 6.45) is 7.34. The van der Waals surface area contributed by atoms with Crippen molar-refractivity contribution in [2.45, 2.75) is 50.4 Å². The monoisotopic (exact) mass is 548 g/mol. The third-order valence-electron chi connectivity index (χ3n) is 6.85. The molecule has 1 fully saturated rings. The van der Waals surface area contributed by atoms with E-state index < -0.39 is 40.1 Å². The highest BCUT2D eigenvalue weighted by Crippen LogP contribution is 2.41. The molecular formula is C26H31F3N6O4. The molecule has 0 radical (unpaired) electrons. The molecule has 13 heteroatoms. The van der Waals surface area contributed by atoms with Crippen LogP contribution in [0.4, 0.5) is 24.7 Å². The van der Waals surface area contributed by atoms with E-state index in [0.717, 1.165) is 19.9 Å². The number of nitrogens with two attached hydrogens (primary N) is 2. The summed E-state index contributed by atoms with van der Waals surface area (Å²) >= 11 is 0. The number of hydrogen-bond acceptors (Lipinski definition) is 8. The number of nitrogens with one attached hydrogen (secondary N) is 2. The van der Waals surface area contributed by atoms with Crippen molar-refractivity contribution in [3.05, 3.63) is 56.8 Å².